The number of nitrogens with one attached hydrogen (secondary N) is 1. The highest BCUT2D eigenvalue weighted by atomic mass is 16.5. The van der Waals surface area contributed by atoms with Crippen molar-refractivity contribution in [2.75, 3.05) is 24.3 Å². The van der Waals surface area contributed by atoms with Crippen LogP contribution in [0.15, 0.2) is 61.3 Å². The highest BCUT2D eigenvalue weighted by Crippen LogP contribution is 2.33. The molecule has 3 heterocycles. The number of aromatic nitrogens is 5. The van der Waals surface area contributed by atoms with E-state index in [1.54, 1.807) is 22.8 Å². The summed E-state index contributed by atoms with van der Waals surface area (Å²) in [5, 5.41) is 17.1. The molecule has 0 radical (unpaired) electrons. The van der Waals surface area contributed by atoms with Gasteiger partial charge in [0.15, 0.2) is 5.65 Å². The van der Waals surface area contributed by atoms with Crippen molar-refractivity contribution in [1.29, 1.82) is 0 Å². The van der Waals surface area contributed by atoms with Crippen molar-refractivity contribution in [3.05, 3.63) is 66.9 Å². The van der Waals surface area contributed by atoms with Crippen LogP contribution in [-0.4, -0.2) is 42.9 Å². The van der Waals surface area contributed by atoms with Gasteiger partial charge in [0, 0.05) is 29.4 Å². The van der Waals surface area contributed by atoms with E-state index in [9.17, 15) is 0 Å². The molecule has 33 heavy (non-hydrogen) atoms. The number of nitrogen functional groups attached to an aromatic ring is 1. The number of nitrogens with two attached hydrogens (primary N) is 1. The molecule has 5 rings (SSSR count). The van der Waals surface area contributed by atoms with Crippen LogP contribution < -0.4 is 20.5 Å². The van der Waals surface area contributed by atoms with E-state index in [1.807, 2.05) is 37.3 Å². The van der Waals surface area contributed by atoms with E-state index in [-0.39, 0.29) is 13.2 Å². The fraction of sp³-hybridized carbons (Fsp3) is 0.130. The lowest BCUT2D eigenvalue weighted by Crippen LogP contribution is -2.04. The second kappa shape index (κ2) is 8.60. The fourth-order valence-corrected chi connectivity index (χ4v) is 3.45. The van der Waals surface area contributed by atoms with Gasteiger partial charge in [0.1, 0.15) is 42.3 Å². The molecule has 0 aliphatic heterocycles. The summed E-state index contributed by atoms with van der Waals surface area (Å²) in [4.78, 5) is 12.9. The Kier molecular flexibility index (Phi) is 5.33. The Morgan fingerprint density at radius 3 is 2.79 bits per heavy atom. The van der Waals surface area contributed by atoms with E-state index in [2.05, 4.69) is 25.4 Å². The molecular weight excluding hydrogens is 422 g/mol. The van der Waals surface area contributed by atoms with Gasteiger partial charge in [-0.1, -0.05) is 0 Å². The van der Waals surface area contributed by atoms with Crippen molar-refractivity contribution in [3.8, 4) is 17.2 Å². The topological polar surface area (TPSA) is 133 Å². The van der Waals surface area contributed by atoms with Crippen molar-refractivity contribution in [2.45, 2.75) is 6.92 Å². The van der Waals surface area contributed by atoms with Gasteiger partial charge in [-0.25, -0.2) is 19.5 Å². The summed E-state index contributed by atoms with van der Waals surface area (Å²) >= 11 is 0. The molecule has 0 bridgehead atoms. The predicted octanol–water partition coefficient (Wildman–Crippen LogP) is 3.47. The standard InChI is InChI=1S/C23H21N7O3/c1-14-8-15(2-3-20(14)33-16-4-5-30-22(9-16)26-13-28-30)29-23-17-10-18(24)21(32-7-6-31)11-19(17)25-12-27-23/h2-5,8-13,31H,6-7,24H2,1H3,(H,25,27,29). The van der Waals surface area contributed by atoms with Crippen molar-refractivity contribution >= 4 is 33.7 Å². The maximum atomic E-state index is 8.98. The minimum Gasteiger partial charge on any atom is -0.489 e. The van der Waals surface area contributed by atoms with Crippen LogP contribution in [0.25, 0.3) is 16.6 Å². The number of pyridine rings is 1. The molecule has 0 saturated heterocycles. The van der Waals surface area contributed by atoms with Crippen LogP contribution in [0.3, 0.4) is 0 Å². The number of aliphatic hydroxyl groups excluding tert-OH is 1. The van der Waals surface area contributed by atoms with Crippen LogP contribution in [0.4, 0.5) is 17.2 Å². The highest BCUT2D eigenvalue weighted by molar-refractivity contribution is 5.94. The average molecular weight is 443 g/mol. The quantitative estimate of drug-likeness (QED) is 0.323. The number of ether oxygens (including phenoxy) is 2. The Bertz CT molecular complexity index is 1450. The summed E-state index contributed by atoms with van der Waals surface area (Å²) in [6.45, 7) is 2.03. The first-order valence-corrected chi connectivity index (χ1v) is 10.2. The Balaban J connectivity index is 1.39. The van der Waals surface area contributed by atoms with Crippen molar-refractivity contribution in [3.63, 3.8) is 0 Å². The summed E-state index contributed by atoms with van der Waals surface area (Å²) in [7, 11) is 0. The van der Waals surface area contributed by atoms with E-state index in [4.69, 9.17) is 20.3 Å². The molecule has 0 unspecified atom stereocenters. The lowest BCUT2D eigenvalue weighted by atomic mass is 10.1. The zero-order valence-electron chi connectivity index (χ0n) is 17.8. The first kappa shape index (κ1) is 20.5. The molecule has 0 atom stereocenters. The second-order valence-corrected chi connectivity index (χ2v) is 7.33. The highest BCUT2D eigenvalue weighted by Gasteiger charge is 2.11. The molecule has 4 N–H and O–H groups in total. The summed E-state index contributed by atoms with van der Waals surface area (Å²) in [5.74, 6) is 2.50. The number of fused-ring (bicyclic) bond motifs is 2. The molecule has 0 amide bonds. The Morgan fingerprint density at radius 1 is 1.03 bits per heavy atom. The Morgan fingerprint density at radius 2 is 1.94 bits per heavy atom. The van der Waals surface area contributed by atoms with Crippen LogP contribution in [0.1, 0.15) is 5.56 Å². The predicted molar refractivity (Wildman–Crippen MR) is 124 cm³/mol. The minimum absolute atomic E-state index is 0.0949. The number of benzene rings is 2. The monoisotopic (exact) mass is 443 g/mol. The summed E-state index contributed by atoms with van der Waals surface area (Å²) in [6, 6.07) is 12.9. The second-order valence-electron chi connectivity index (χ2n) is 7.33. The molecule has 166 valence electrons. The third kappa shape index (κ3) is 4.19. The van der Waals surface area contributed by atoms with Gasteiger partial charge in [0.25, 0.3) is 0 Å². The lowest BCUT2D eigenvalue weighted by Gasteiger charge is -2.14. The molecule has 0 aliphatic carbocycles. The van der Waals surface area contributed by atoms with Crippen LogP contribution in [0, 0.1) is 6.92 Å². The van der Waals surface area contributed by atoms with E-state index in [0.29, 0.717) is 34.2 Å². The van der Waals surface area contributed by atoms with Crippen LogP contribution in [-0.2, 0) is 0 Å². The summed E-state index contributed by atoms with van der Waals surface area (Å²) in [6.07, 6.45) is 4.77. The molecule has 5 aromatic rings. The minimum atomic E-state index is -0.0949. The van der Waals surface area contributed by atoms with Crippen LogP contribution in [0.2, 0.25) is 0 Å². The van der Waals surface area contributed by atoms with Crippen molar-refractivity contribution < 1.29 is 14.6 Å². The smallest absolute Gasteiger partial charge is 0.158 e. The number of anilines is 3. The molecule has 0 fully saturated rings. The van der Waals surface area contributed by atoms with E-state index in [0.717, 1.165) is 22.4 Å². The van der Waals surface area contributed by atoms with Gasteiger partial charge >= 0.3 is 0 Å². The lowest BCUT2D eigenvalue weighted by molar-refractivity contribution is 0.202. The number of rotatable bonds is 7. The zero-order chi connectivity index (χ0) is 22.8. The molecule has 2 aromatic carbocycles. The number of aryl methyl sites for hydroxylation is 1. The van der Waals surface area contributed by atoms with Crippen LogP contribution >= 0.6 is 0 Å². The van der Waals surface area contributed by atoms with Crippen molar-refractivity contribution in [1.82, 2.24) is 24.6 Å². The summed E-state index contributed by atoms with van der Waals surface area (Å²) in [5.41, 5.74) is 9.73. The molecule has 3 aromatic heterocycles. The Labute approximate surface area is 188 Å². The molecule has 0 aliphatic rings. The largest absolute Gasteiger partial charge is 0.489 e. The van der Waals surface area contributed by atoms with Gasteiger partial charge in [-0.3, -0.25) is 0 Å². The molecule has 0 saturated carbocycles. The maximum absolute atomic E-state index is 8.98. The van der Waals surface area contributed by atoms with E-state index < -0.39 is 0 Å². The Hall–Kier alpha value is -4.44. The first-order chi connectivity index (χ1) is 16.1. The van der Waals surface area contributed by atoms with Gasteiger partial charge in [-0.2, -0.15) is 5.10 Å². The number of aliphatic hydroxyl groups is 1. The van der Waals surface area contributed by atoms with E-state index >= 15 is 0 Å². The van der Waals surface area contributed by atoms with E-state index in [1.165, 1.54) is 12.7 Å². The molecule has 10 heteroatoms. The van der Waals surface area contributed by atoms with Gasteiger partial charge < -0.3 is 25.6 Å². The van der Waals surface area contributed by atoms with Gasteiger partial charge in [-0.05, 0) is 42.8 Å². The maximum Gasteiger partial charge on any atom is 0.158 e. The van der Waals surface area contributed by atoms with Crippen molar-refractivity contribution in [2.24, 2.45) is 0 Å². The van der Waals surface area contributed by atoms with Gasteiger partial charge in [0.2, 0.25) is 0 Å². The zero-order valence-corrected chi connectivity index (χ0v) is 17.8. The number of hydrogen-bond donors (Lipinski definition) is 3. The average Bonchev–Trinajstić information content (AvgIpc) is 3.28. The van der Waals surface area contributed by atoms with Gasteiger partial charge in [-0.15, -0.1) is 0 Å². The van der Waals surface area contributed by atoms with Gasteiger partial charge in [0.05, 0.1) is 17.8 Å². The first-order valence-electron chi connectivity index (χ1n) is 10.2. The fourth-order valence-electron chi connectivity index (χ4n) is 3.45. The molecule has 0 spiro atoms. The summed E-state index contributed by atoms with van der Waals surface area (Å²) < 4.78 is 13.2. The third-order valence-electron chi connectivity index (χ3n) is 5.03. The molecular formula is C23H21N7O3. The normalized spacial score (nSPS) is 11.1. The SMILES string of the molecule is Cc1cc(Nc2ncnc3cc(OCCO)c(N)cc23)ccc1Oc1ccn2ncnc2c1. The number of nitrogens with zero attached hydrogens (tertiary/aromatic N) is 5. The number of hydrogen-bond acceptors (Lipinski definition) is 9. The molecule has 10 nitrogen and oxygen atoms in total. The third-order valence-corrected chi connectivity index (χ3v) is 5.03. The van der Waals surface area contributed by atoms with Crippen LogP contribution in [0.5, 0.6) is 17.2 Å².